The number of ether oxygens (including phenoxy) is 1. The molecule has 1 aliphatic heterocycles. The molecule has 0 aromatic rings. The zero-order valence-electron chi connectivity index (χ0n) is 6.25. The van der Waals surface area contributed by atoms with E-state index in [1.807, 2.05) is 12.2 Å². The molecule has 1 aliphatic carbocycles. The van der Waals surface area contributed by atoms with Gasteiger partial charge in [-0.3, -0.25) is 4.79 Å². The number of esters is 1. The second-order valence-electron chi connectivity index (χ2n) is 2.94. The average Bonchev–Trinajstić information content (AvgIpc) is 2.04. The summed E-state index contributed by atoms with van der Waals surface area (Å²) in [6.45, 7) is 0. The molecule has 0 aromatic heterocycles. The van der Waals surface area contributed by atoms with Crippen molar-refractivity contribution in [2.75, 3.05) is 0 Å². The summed E-state index contributed by atoms with van der Waals surface area (Å²) in [4.78, 5) is 10.8. The Balaban J connectivity index is 2.18. The van der Waals surface area contributed by atoms with Crippen molar-refractivity contribution in [1.29, 1.82) is 0 Å². The topological polar surface area (TPSA) is 26.3 Å². The highest BCUT2D eigenvalue weighted by Gasteiger charge is 2.25. The molecule has 1 unspecified atom stereocenters. The van der Waals surface area contributed by atoms with Crippen LogP contribution in [0.2, 0.25) is 0 Å². The molecule has 0 spiro atoms. The number of hydrogen-bond donors (Lipinski definition) is 0. The Morgan fingerprint density at radius 2 is 2.45 bits per heavy atom. The number of rotatable bonds is 0. The maximum Gasteiger partial charge on any atom is 0.310 e. The van der Waals surface area contributed by atoms with E-state index in [4.69, 9.17) is 4.74 Å². The van der Waals surface area contributed by atoms with Gasteiger partial charge in [0.2, 0.25) is 0 Å². The fourth-order valence-electron chi connectivity index (χ4n) is 1.51. The van der Waals surface area contributed by atoms with Crippen LogP contribution in [-0.4, -0.2) is 5.97 Å². The van der Waals surface area contributed by atoms with Crippen LogP contribution in [0.25, 0.3) is 0 Å². The molecule has 0 saturated carbocycles. The predicted octanol–water partition coefficient (Wildman–Crippen LogP) is 1.78. The lowest BCUT2D eigenvalue weighted by atomic mass is 9.92. The molecule has 1 fully saturated rings. The van der Waals surface area contributed by atoms with Crippen LogP contribution in [0.4, 0.5) is 0 Å². The van der Waals surface area contributed by atoms with E-state index in [-0.39, 0.29) is 5.97 Å². The number of carbonyl (C=O) groups excluding carboxylic acids is 1. The van der Waals surface area contributed by atoms with E-state index in [0.717, 1.165) is 18.6 Å². The van der Waals surface area contributed by atoms with E-state index in [1.54, 1.807) is 0 Å². The molecule has 2 nitrogen and oxygen atoms in total. The van der Waals surface area contributed by atoms with E-state index in [1.165, 1.54) is 0 Å². The molecule has 0 N–H and O–H groups in total. The summed E-state index contributed by atoms with van der Waals surface area (Å²) >= 11 is 0. The first-order valence-corrected chi connectivity index (χ1v) is 3.93. The van der Waals surface area contributed by atoms with Gasteiger partial charge < -0.3 is 4.74 Å². The van der Waals surface area contributed by atoms with Crippen molar-refractivity contribution >= 4 is 5.97 Å². The van der Waals surface area contributed by atoms with Gasteiger partial charge in [-0.05, 0) is 18.9 Å². The Hall–Kier alpha value is -1.05. The monoisotopic (exact) mass is 150 g/mol. The lowest BCUT2D eigenvalue weighted by Crippen LogP contribution is -2.20. The summed E-state index contributed by atoms with van der Waals surface area (Å²) in [5, 5.41) is 0. The van der Waals surface area contributed by atoms with Crippen LogP contribution in [0, 0.1) is 5.92 Å². The number of allylic oxidation sites excluding steroid dienone is 4. The van der Waals surface area contributed by atoms with Gasteiger partial charge >= 0.3 is 5.97 Å². The molecule has 2 rings (SSSR count). The highest BCUT2D eigenvalue weighted by molar-refractivity contribution is 5.71. The fraction of sp³-hybridized carbons (Fsp3) is 0.444. The molecule has 2 aliphatic rings. The van der Waals surface area contributed by atoms with Gasteiger partial charge in [-0.1, -0.05) is 12.2 Å². The Labute approximate surface area is 65.5 Å². The van der Waals surface area contributed by atoms with Gasteiger partial charge in [-0.15, -0.1) is 0 Å². The summed E-state index contributed by atoms with van der Waals surface area (Å²) in [5.74, 6) is 1.25. The maximum absolute atomic E-state index is 10.8. The zero-order valence-corrected chi connectivity index (χ0v) is 6.25. The van der Waals surface area contributed by atoms with Crippen molar-refractivity contribution in [2.24, 2.45) is 5.92 Å². The average molecular weight is 150 g/mol. The second kappa shape index (κ2) is 2.53. The van der Waals surface area contributed by atoms with Crippen molar-refractivity contribution in [2.45, 2.75) is 19.3 Å². The molecule has 11 heavy (non-hydrogen) atoms. The molecular weight excluding hydrogens is 140 g/mol. The van der Waals surface area contributed by atoms with Gasteiger partial charge in [0.05, 0.1) is 0 Å². The summed E-state index contributed by atoms with van der Waals surface area (Å²) in [6, 6.07) is 0. The third-order valence-corrected chi connectivity index (χ3v) is 2.15. The first-order chi connectivity index (χ1) is 5.36. The molecule has 0 bridgehead atoms. The predicted molar refractivity (Wildman–Crippen MR) is 40.7 cm³/mol. The summed E-state index contributed by atoms with van der Waals surface area (Å²) in [6.07, 6.45) is 8.52. The van der Waals surface area contributed by atoms with Crippen LogP contribution in [0.5, 0.6) is 0 Å². The molecule has 1 saturated heterocycles. The summed E-state index contributed by atoms with van der Waals surface area (Å²) in [5.41, 5.74) is 0. The van der Waals surface area contributed by atoms with Crippen LogP contribution >= 0.6 is 0 Å². The minimum atomic E-state index is -0.0807. The normalized spacial score (nSPS) is 28.9. The van der Waals surface area contributed by atoms with E-state index in [2.05, 4.69) is 6.08 Å². The molecule has 0 aromatic carbocycles. The standard InChI is InChI=1S/C9H10O2/c10-9-6-5-7-3-1-2-4-8(7)11-9/h1-2,4,7H,3,5-6H2. The Kier molecular flexibility index (Phi) is 1.53. The van der Waals surface area contributed by atoms with Gasteiger partial charge in [0.25, 0.3) is 0 Å². The van der Waals surface area contributed by atoms with Gasteiger partial charge in [0.15, 0.2) is 0 Å². The molecule has 2 heteroatoms. The van der Waals surface area contributed by atoms with Crippen LogP contribution in [0.1, 0.15) is 19.3 Å². The lowest BCUT2D eigenvalue weighted by molar-refractivity contribution is -0.143. The van der Waals surface area contributed by atoms with Crippen LogP contribution in [0.3, 0.4) is 0 Å². The van der Waals surface area contributed by atoms with Crippen LogP contribution in [0.15, 0.2) is 24.0 Å². The molecule has 1 heterocycles. The molecule has 58 valence electrons. The third-order valence-electron chi connectivity index (χ3n) is 2.15. The summed E-state index contributed by atoms with van der Waals surface area (Å²) < 4.78 is 5.06. The maximum atomic E-state index is 10.8. The Morgan fingerprint density at radius 3 is 3.36 bits per heavy atom. The fourth-order valence-corrected chi connectivity index (χ4v) is 1.51. The summed E-state index contributed by atoms with van der Waals surface area (Å²) in [7, 11) is 0. The number of hydrogen-bond acceptors (Lipinski definition) is 2. The van der Waals surface area contributed by atoms with Gasteiger partial charge in [-0.2, -0.15) is 0 Å². The van der Waals surface area contributed by atoms with Gasteiger partial charge in [-0.25, -0.2) is 0 Å². The van der Waals surface area contributed by atoms with Crippen molar-refractivity contribution in [3.63, 3.8) is 0 Å². The zero-order chi connectivity index (χ0) is 7.68. The Bertz CT molecular complexity index is 238. The molecule has 0 amide bonds. The van der Waals surface area contributed by atoms with E-state index >= 15 is 0 Å². The third kappa shape index (κ3) is 1.20. The minimum Gasteiger partial charge on any atom is -0.431 e. The molecular formula is C9H10O2. The molecule has 0 radical (unpaired) electrons. The lowest BCUT2D eigenvalue weighted by Gasteiger charge is -2.24. The van der Waals surface area contributed by atoms with Crippen molar-refractivity contribution in [3.05, 3.63) is 24.0 Å². The van der Waals surface area contributed by atoms with Gasteiger partial charge in [0.1, 0.15) is 5.76 Å². The minimum absolute atomic E-state index is 0.0807. The van der Waals surface area contributed by atoms with Crippen molar-refractivity contribution < 1.29 is 9.53 Å². The van der Waals surface area contributed by atoms with Crippen molar-refractivity contribution in [1.82, 2.24) is 0 Å². The quantitative estimate of drug-likeness (QED) is 0.492. The first kappa shape index (κ1) is 6.65. The molecule has 1 atom stereocenters. The van der Waals surface area contributed by atoms with E-state index in [0.29, 0.717) is 12.3 Å². The van der Waals surface area contributed by atoms with Crippen LogP contribution in [-0.2, 0) is 9.53 Å². The smallest absolute Gasteiger partial charge is 0.310 e. The SMILES string of the molecule is O=C1CCC2CC=CC=C2O1. The highest BCUT2D eigenvalue weighted by Crippen LogP contribution is 2.30. The highest BCUT2D eigenvalue weighted by atomic mass is 16.5. The Morgan fingerprint density at radius 1 is 1.55 bits per heavy atom. The van der Waals surface area contributed by atoms with E-state index < -0.39 is 0 Å². The second-order valence-corrected chi connectivity index (χ2v) is 2.94. The van der Waals surface area contributed by atoms with Gasteiger partial charge in [0, 0.05) is 12.3 Å². The number of carbonyl (C=O) groups is 1. The first-order valence-electron chi connectivity index (χ1n) is 3.93. The number of fused-ring (bicyclic) bond motifs is 1. The van der Waals surface area contributed by atoms with Crippen LogP contribution < -0.4 is 0 Å². The largest absolute Gasteiger partial charge is 0.431 e. The van der Waals surface area contributed by atoms with E-state index in [9.17, 15) is 4.79 Å². The van der Waals surface area contributed by atoms with Crippen molar-refractivity contribution in [3.8, 4) is 0 Å².